The van der Waals surface area contributed by atoms with Gasteiger partial charge in [-0.3, -0.25) is 4.90 Å². The molecule has 1 aliphatic rings. The van der Waals surface area contributed by atoms with Crippen LogP contribution < -0.4 is 5.73 Å². The number of aliphatic hydroxyl groups is 1. The predicted molar refractivity (Wildman–Crippen MR) is 77.4 cm³/mol. The van der Waals surface area contributed by atoms with Gasteiger partial charge in [-0.2, -0.15) is 0 Å². The van der Waals surface area contributed by atoms with E-state index in [0.717, 1.165) is 38.0 Å². The van der Waals surface area contributed by atoms with Crippen LogP contribution >= 0.6 is 12.2 Å². The third kappa shape index (κ3) is 3.72. The molecule has 1 saturated heterocycles. The third-order valence-corrected chi connectivity index (χ3v) is 3.83. The van der Waals surface area contributed by atoms with Gasteiger partial charge in [-0.15, -0.1) is 0 Å². The summed E-state index contributed by atoms with van der Waals surface area (Å²) < 4.78 is 13.5. The van der Waals surface area contributed by atoms with Crippen LogP contribution in [0.25, 0.3) is 0 Å². The Bertz CT molecular complexity index is 467. The lowest BCUT2D eigenvalue weighted by molar-refractivity contribution is 0.249. The molecule has 0 saturated carbocycles. The van der Waals surface area contributed by atoms with Crippen LogP contribution in [0.1, 0.15) is 24.0 Å². The summed E-state index contributed by atoms with van der Waals surface area (Å²) >= 11 is 4.84. The number of rotatable bonds is 5. The van der Waals surface area contributed by atoms with Crippen molar-refractivity contribution < 1.29 is 9.50 Å². The summed E-state index contributed by atoms with van der Waals surface area (Å²) in [7, 11) is 0. The molecule has 3 N–H and O–H groups in total. The fraction of sp³-hybridized carbons (Fsp3) is 0.500. The van der Waals surface area contributed by atoms with E-state index in [-0.39, 0.29) is 17.4 Å². The third-order valence-electron chi connectivity index (χ3n) is 3.61. The second kappa shape index (κ2) is 6.41. The zero-order valence-electron chi connectivity index (χ0n) is 10.8. The molecular weight excluding hydrogens is 263 g/mol. The Morgan fingerprint density at radius 3 is 3.00 bits per heavy atom. The van der Waals surface area contributed by atoms with Crippen LogP contribution in [0, 0.1) is 11.7 Å². The van der Waals surface area contributed by atoms with Crippen LogP contribution in [0.15, 0.2) is 18.2 Å². The summed E-state index contributed by atoms with van der Waals surface area (Å²) in [5.74, 6) is 0.205. The average Bonchev–Trinajstić information content (AvgIpc) is 2.79. The molecule has 1 aromatic carbocycles. The number of likely N-dealkylation sites (tertiary alicyclic amines) is 1. The number of hydrogen-bond acceptors (Lipinski definition) is 3. The van der Waals surface area contributed by atoms with E-state index in [2.05, 4.69) is 4.90 Å². The average molecular weight is 282 g/mol. The number of nitrogens with two attached hydrogens (primary N) is 1. The number of thiocarbonyl (C=S) groups is 1. The molecule has 104 valence electrons. The van der Waals surface area contributed by atoms with Gasteiger partial charge in [0.05, 0.1) is 0 Å². The molecule has 5 heteroatoms. The summed E-state index contributed by atoms with van der Waals surface area (Å²) in [4.78, 5) is 2.41. The monoisotopic (exact) mass is 282 g/mol. The molecule has 0 aromatic heterocycles. The number of hydrogen-bond donors (Lipinski definition) is 2. The lowest BCUT2D eigenvalue weighted by Crippen LogP contribution is -2.21. The summed E-state index contributed by atoms with van der Waals surface area (Å²) in [5, 5.41) is 8.94. The maximum Gasteiger partial charge on any atom is 0.133 e. The summed E-state index contributed by atoms with van der Waals surface area (Å²) in [6.45, 7) is 3.03. The molecule has 1 fully saturated rings. The van der Waals surface area contributed by atoms with Crippen LogP contribution in [-0.2, 0) is 6.54 Å². The van der Waals surface area contributed by atoms with Crippen LogP contribution in [0.3, 0.4) is 0 Å². The number of halogens is 1. The van der Waals surface area contributed by atoms with Gasteiger partial charge in [-0.25, -0.2) is 4.39 Å². The lowest BCUT2D eigenvalue weighted by Gasteiger charge is -2.16. The largest absolute Gasteiger partial charge is 0.396 e. The molecular formula is C14H19FN2OS. The first kappa shape index (κ1) is 14.4. The summed E-state index contributed by atoms with van der Waals surface area (Å²) in [5.41, 5.74) is 6.84. The zero-order valence-corrected chi connectivity index (χ0v) is 11.6. The quantitative estimate of drug-likeness (QED) is 0.807. The van der Waals surface area contributed by atoms with Crippen molar-refractivity contribution in [2.24, 2.45) is 11.7 Å². The zero-order chi connectivity index (χ0) is 13.8. The van der Waals surface area contributed by atoms with E-state index in [1.54, 1.807) is 12.1 Å². The topological polar surface area (TPSA) is 49.5 Å². The molecule has 1 aliphatic heterocycles. The van der Waals surface area contributed by atoms with Crippen molar-refractivity contribution in [3.63, 3.8) is 0 Å². The van der Waals surface area contributed by atoms with E-state index < -0.39 is 0 Å². The maximum absolute atomic E-state index is 13.5. The normalized spacial score (nSPS) is 19.8. The van der Waals surface area contributed by atoms with Gasteiger partial charge >= 0.3 is 0 Å². The van der Waals surface area contributed by atoms with E-state index in [1.165, 1.54) is 6.07 Å². The molecule has 3 nitrogen and oxygen atoms in total. The molecule has 0 radical (unpaired) electrons. The Labute approximate surface area is 118 Å². The van der Waals surface area contributed by atoms with E-state index >= 15 is 0 Å². The summed E-state index contributed by atoms with van der Waals surface area (Å²) in [6.07, 6.45) is 1.97. The van der Waals surface area contributed by atoms with Gasteiger partial charge in [0.1, 0.15) is 10.8 Å². The van der Waals surface area contributed by atoms with Crippen LogP contribution in [-0.4, -0.2) is 34.7 Å². The lowest BCUT2D eigenvalue weighted by atomic mass is 10.1. The fourth-order valence-corrected chi connectivity index (χ4v) is 2.75. The van der Waals surface area contributed by atoms with Gasteiger partial charge in [0.15, 0.2) is 0 Å². The molecule has 0 spiro atoms. The molecule has 0 bridgehead atoms. The summed E-state index contributed by atoms with van der Waals surface area (Å²) in [6, 6.07) is 4.93. The first-order chi connectivity index (χ1) is 9.10. The van der Waals surface area contributed by atoms with Gasteiger partial charge in [-0.05, 0) is 43.0 Å². The minimum atomic E-state index is -0.365. The van der Waals surface area contributed by atoms with Crippen molar-refractivity contribution in [1.82, 2.24) is 4.90 Å². The Hall–Kier alpha value is -1.04. The number of nitrogens with zero attached hydrogens (tertiary/aromatic N) is 1. The smallest absolute Gasteiger partial charge is 0.133 e. The Kier molecular flexibility index (Phi) is 4.85. The highest BCUT2D eigenvalue weighted by atomic mass is 32.1. The molecule has 1 atom stereocenters. The van der Waals surface area contributed by atoms with Crippen molar-refractivity contribution in [3.05, 3.63) is 35.1 Å². The maximum atomic E-state index is 13.5. The first-order valence-electron chi connectivity index (χ1n) is 6.51. The van der Waals surface area contributed by atoms with Crippen LogP contribution in [0.2, 0.25) is 0 Å². The molecule has 1 unspecified atom stereocenters. The second-order valence-electron chi connectivity index (χ2n) is 5.08. The van der Waals surface area contributed by atoms with E-state index in [1.807, 2.05) is 0 Å². The minimum Gasteiger partial charge on any atom is -0.396 e. The highest BCUT2D eigenvalue weighted by Gasteiger charge is 2.22. The van der Waals surface area contributed by atoms with E-state index in [0.29, 0.717) is 11.5 Å². The molecule has 1 aromatic rings. The van der Waals surface area contributed by atoms with Crippen LogP contribution in [0.4, 0.5) is 4.39 Å². The molecule has 19 heavy (non-hydrogen) atoms. The van der Waals surface area contributed by atoms with Gasteiger partial charge in [0.2, 0.25) is 0 Å². The minimum absolute atomic E-state index is 0.0962. The second-order valence-corrected chi connectivity index (χ2v) is 5.52. The highest BCUT2D eigenvalue weighted by Crippen LogP contribution is 2.21. The molecule has 2 rings (SSSR count). The highest BCUT2D eigenvalue weighted by molar-refractivity contribution is 7.80. The van der Waals surface area contributed by atoms with Gasteiger partial charge in [0.25, 0.3) is 0 Å². The molecule has 0 amide bonds. The van der Waals surface area contributed by atoms with Crippen molar-refractivity contribution in [1.29, 1.82) is 0 Å². The standard InChI is InChI=1S/C14H19FN2OS/c15-13-2-1-11(7-12(13)14(16)19)9-17-5-3-10(8-17)4-6-18/h1-2,7,10,18H,3-6,8-9H2,(H2,16,19). The van der Waals surface area contributed by atoms with Crippen molar-refractivity contribution in [2.45, 2.75) is 19.4 Å². The molecule has 0 aliphatic carbocycles. The van der Waals surface area contributed by atoms with Crippen molar-refractivity contribution in [3.8, 4) is 0 Å². The van der Waals surface area contributed by atoms with Crippen molar-refractivity contribution >= 4 is 17.2 Å². The SMILES string of the molecule is NC(=S)c1cc(CN2CCC(CCO)C2)ccc1F. The van der Waals surface area contributed by atoms with E-state index in [4.69, 9.17) is 23.1 Å². The van der Waals surface area contributed by atoms with Gasteiger partial charge in [-0.1, -0.05) is 18.3 Å². The van der Waals surface area contributed by atoms with Gasteiger partial charge in [0, 0.05) is 25.3 Å². The Balaban J connectivity index is 2.00. The van der Waals surface area contributed by atoms with E-state index in [9.17, 15) is 4.39 Å². The first-order valence-corrected chi connectivity index (χ1v) is 6.92. The van der Waals surface area contributed by atoms with Crippen LogP contribution in [0.5, 0.6) is 0 Å². The van der Waals surface area contributed by atoms with Crippen molar-refractivity contribution in [2.75, 3.05) is 19.7 Å². The number of aliphatic hydroxyl groups excluding tert-OH is 1. The predicted octanol–water partition coefficient (Wildman–Crippen LogP) is 1.66. The Morgan fingerprint density at radius 2 is 2.32 bits per heavy atom. The Morgan fingerprint density at radius 1 is 1.53 bits per heavy atom. The fourth-order valence-electron chi connectivity index (χ4n) is 2.59. The molecule has 1 heterocycles. The number of benzene rings is 1. The van der Waals surface area contributed by atoms with Gasteiger partial charge < -0.3 is 10.8 Å².